The Hall–Kier alpha value is -1.91. The average Bonchev–Trinajstić information content (AvgIpc) is 2.42. The molecule has 3 nitrogen and oxygen atoms in total. The van der Waals surface area contributed by atoms with Crippen molar-refractivity contribution in [2.45, 2.75) is 6.92 Å². The Morgan fingerprint density at radius 3 is 2.50 bits per heavy atom. The molecule has 0 aliphatic heterocycles. The van der Waals surface area contributed by atoms with Crippen LogP contribution in [0.2, 0.25) is 5.02 Å². The molecule has 0 radical (unpaired) electrons. The monoisotopic (exact) mass is 303 g/mol. The highest BCUT2D eigenvalue weighted by Gasteiger charge is 2.09. The molecule has 2 N–H and O–H groups in total. The van der Waals surface area contributed by atoms with Crippen LogP contribution in [0.15, 0.2) is 53.6 Å². The Morgan fingerprint density at radius 1 is 1.20 bits per heavy atom. The van der Waals surface area contributed by atoms with Crippen LogP contribution in [0.4, 0.5) is 11.4 Å². The number of para-hydroxylation sites is 2. The molecule has 102 valence electrons. The fraction of sp³-hybridized carbons (Fsp3) is 0.0667. The quantitative estimate of drug-likeness (QED) is 0.401. The van der Waals surface area contributed by atoms with E-state index in [0.29, 0.717) is 15.7 Å². The highest BCUT2D eigenvalue weighted by molar-refractivity contribution is 7.80. The first kappa shape index (κ1) is 14.5. The van der Waals surface area contributed by atoms with Crippen molar-refractivity contribution in [3.8, 4) is 0 Å². The third-order valence-corrected chi connectivity index (χ3v) is 3.20. The maximum absolute atomic E-state index is 6.10. The smallest absolute Gasteiger partial charge is 0.102 e. The molecule has 0 aromatic heterocycles. The molecule has 0 saturated heterocycles. The van der Waals surface area contributed by atoms with Gasteiger partial charge in [0.05, 0.1) is 17.6 Å². The van der Waals surface area contributed by atoms with E-state index < -0.39 is 0 Å². The summed E-state index contributed by atoms with van der Waals surface area (Å²) in [5.74, 6) is 0. The molecule has 2 rings (SSSR count). The topological polar surface area (TPSA) is 41.6 Å². The van der Waals surface area contributed by atoms with Gasteiger partial charge in [0.25, 0.3) is 0 Å². The first-order valence-corrected chi connectivity index (χ1v) is 6.82. The highest BCUT2D eigenvalue weighted by Crippen LogP contribution is 2.23. The van der Waals surface area contributed by atoms with Crippen LogP contribution >= 0.6 is 23.8 Å². The minimum atomic E-state index is 0.603. The van der Waals surface area contributed by atoms with Crippen molar-refractivity contribution in [3.63, 3.8) is 0 Å². The van der Waals surface area contributed by atoms with Gasteiger partial charge in [-0.05, 0) is 25.1 Å². The number of nitrogens with zero attached hydrogens (tertiary/aromatic N) is 2. The fourth-order valence-electron chi connectivity index (χ4n) is 1.69. The Bertz CT molecular complexity index is 655. The number of thiocarbonyl (C=S) groups is 1. The highest BCUT2D eigenvalue weighted by atomic mass is 35.5. The van der Waals surface area contributed by atoms with Crippen LogP contribution in [0.3, 0.4) is 0 Å². The van der Waals surface area contributed by atoms with E-state index in [9.17, 15) is 0 Å². The van der Waals surface area contributed by atoms with Crippen molar-refractivity contribution in [1.82, 2.24) is 0 Å². The molecule has 0 saturated carbocycles. The van der Waals surface area contributed by atoms with Crippen LogP contribution in [0.1, 0.15) is 12.5 Å². The number of hydrogen-bond acceptors (Lipinski definition) is 3. The lowest BCUT2D eigenvalue weighted by molar-refractivity contribution is 1.15. The number of hydrazone groups is 1. The summed E-state index contributed by atoms with van der Waals surface area (Å²) in [7, 11) is 0. The van der Waals surface area contributed by atoms with E-state index in [1.807, 2.05) is 48.5 Å². The summed E-state index contributed by atoms with van der Waals surface area (Å²) in [6.07, 6.45) is 1.67. The number of anilines is 2. The molecule has 0 atom stereocenters. The lowest BCUT2D eigenvalue weighted by atomic mass is 10.2. The third-order valence-electron chi connectivity index (χ3n) is 2.68. The van der Waals surface area contributed by atoms with E-state index in [2.05, 4.69) is 5.10 Å². The molecule has 0 heterocycles. The summed E-state index contributed by atoms with van der Waals surface area (Å²) in [5, 5.41) is 6.65. The zero-order valence-electron chi connectivity index (χ0n) is 11.0. The number of rotatable bonds is 3. The Labute approximate surface area is 128 Å². The van der Waals surface area contributed by atoms with Gasteiger partial charge < -0.3 is 5.73 Å². The molecule has 0 unspecified atom stereocenters. The second kappa shape index (κ2) is 6.50. The van der Waals surface area contributed by atoms with Gasteiger partial charge in [-0.15, -0.1) is 0 Å². The van der Waals surface area contributed by atoms with Crippen LogP contribution in [0.5, 0.6) is 0 Å². The second-order valence-electron chi connectivity index (χ2n) is 4.16. The zero-order chi connectivity index (χ0) is 14.5. The number of nitrogen functional groups attached to an aromatic ring is 1. The molecule has 0 spiro atoms. The van der Waals surface area contributed by atoms with Crippen LogP contribution in [0, 0.1) is 0 Å². The van der Waals surface area contributed by atoms with Crippen LogP contribution in [-0.4, -0.2) is 11.2 Å². The van der Waals surface area contributed by atoms with Gasteiger partial charge in [-0.2, -0.15) is 5.10 Å². The van der Waals surface area contributed by atoms with Gasteiger partial charge in [-0.3, -0.25) is 0 Å². The first-order valence-electron chi connectivity index (χ1n) is 6.03. The van der Waals surface area contributed by atoms with Crippen molar-refractivity contribution in [2.24, 2.45) is 5.10 Å². The fourth-order valence-corrected chi connectivity index (χ4v) is 2.02. The van der Waals surface area contributed by atoms with Gasteiger partial charge in [-0.1, -0.05) is 54.2 Å². The summed E-state index contributed by atoms with van der Waals surface area (Å²) < 4.78 is 0. The predicted molar refractivity (Wildman–Crippen MR) is 90.7 cm³/mol. The SMILES string of the molecule is CC(=S)N(N=Cc1ccccc1Cl)c1ccccc1N. The van der Waals surface area contributed by atoms with Crippen LogP contribution in [0.25, 0.3) is 0 Å². The maximum Gasteiger partial charge on any atom is 0.102 e. The van der Waals surface area contributed by atoms with E-state index in [4.69, 9.17) is 29.6 Å². The summed E-state index contributed by atoms with van der Waals surface area (Å²) in [6, 6.07) is 14.9. The van der Waals surface area contributed by atoms with E-state index >= 15 is 0 Å². The average molecular weight is 304 g/mol. The molecule has 0 fully saturated rings. The molecule has 2 aromatic carbocycles. The van der Waals surface area contributed by atoms with E-state index in [1.165, 1.54) is 0 Å². The molecule has 5 heteroatoms. The molecular formula is C15H14ClN3S. The van der Waals surface area contributed by atoms with Gasteiger partial charge in [0.2, 0.25) is 0 Å². The van der Waals surface area contributed by atoms with Crippen molar-refractivity contribution >= 4 is 46.4 Å². The number of halogens is 1. The van der Waals surface area contributed by atoms with Crippen molar-refractivity contribution < 1.29 is 0 Å². The van der Waals surface area contributed by atoms with Gasteiger partial charge in [-0.25, -0.2) is 5.01 Å². The number of hydrogen-bond donors (Lipinski definition) is 1. The molecule has 0 bridgehead atoms. The molecule has 2 aromatic rings. The minimum absolute atomic E-state index is 0.603. The maximum atomic E-state index is 6.10. The van der Waals surface area contributed by atoms with E-state index in [-0.39, 0.29) is 0 Å². The first-order chi connectivity index (χ1) is 9.59. The van der Waals surface area contributed by atoms with Gasteiger partial charge in [0, 0.05) is 10.6 Å². The van der Waals surface area contributed by atoms with Gasteiger partial charge in [0.15, 0.2) is 0 Å². The number of benzene rings is 2. The summed E-state index contributed by atoms with van der Waals surface area (Å²) in [5.41, 5.74) is 8.15. The van der Waals surface area contributed by atoms with E-state index in [1.54, 1.807) is 18.1 Å². The standard InChI is InChI=1S/C15H14ClN3S/c1-11(20)19(15-9-5-4-8-14(15)17)18-10-12-6-2-3-7-13(12)16/h2-10H,17H2,1H3. The molecule has 0 aliphatic rings. The Morgan fingerprint density at radius 2 is 1.85 bits per heavy atom. The third kappa shape index (κ3) is 3.35. The van der Waals surface area contributed by atoms with E-state index in [0.717, 1.165) is 11.3 Å². The summed E-state index contributed by atoms with van der Waals surface area (Å²) in [4.78, 5) is 0.603. The van der Waals surface area contributed by atoms with Crippen LogP contribution in [-0.2, 0) is 0 Å². The summed E-state index contributed by atoms with van der Waals surface area (Å²) in [6.45, 7) is 1.80. The largest absolute Gasteiger partial charge is 0.397 e. The zero-order valence-corrected chi connectivity index (χ0v) is 12.5. The lowest BCUT2D eigenvalue weighted by Crippen LogP contribution is -2.21. The van der Waals surface area contributed by atoms with Crippen LogP contribution < -0.4 is 10.7 Å². The van der Waals surface area contributed by atoms with Crippen molar-refractivity contribution in [3.05, 3.63) is 59.1 Å². The predicted octanol–water partition coefficient (Wildman–Crippen LogP) is 4.11. The van der Waals surface area contributed by atoms with Crippen molar-refractivity contribution in [2.75, 3.05) is 10.7 Å². The summed E-state index contributed by atoms with van der Waals surface area (Å²) >= 11 is 11.3. The molecular weight excluding hydrogens is 290 g/mol. The van der Waals surface area contributed by atoms with Crippen molar-refractivity contribution in [1.29, 1.82) is 0 Å². The molecule has 0 amide bonds. The van der Waals surface area contributed by atoms with Gasteiger partial charge >= 0.3 is 0 Å². The van der Waals surface area contributed by atoms with Gasteiger partial charge in [0.1, 0.15) is 4.99 Å². The Kier molecular flexibility index (Phi) is 4.71. The Balaban J connectivity index is 2.34. The normalized spacial score (nSPS) is 10.7. The minimum Gasteiger partial charge on any atom is -0.397 e. The molecule has 0 aliphatic carbocycles. The number of nitrogens with two attached hydrogens (primary N) is 1. The molecule has 20 heavy (non-hydrogen) atoms. The second-order valence-corrected chi connectivity index (χ2v) is 5.15. The lowest BCUT2D eigenvalue weighted by Gasteiger charge is -2.19.